The van der Waals surface area contributed by atoms with Crippen molar-refractivity contribution in [3.05, 3.63) is 34.1 Å². The third kappa shape index (κ3) is 4.98. The summed E-state index contributed by atoms with van der Waals surface area (Å²) in [5, 5.41) is 5.08. The predicted octanol–water partition coefficient (Wildman–Crippen LogP) is 2.23. The quantitative estimate of drug-likeness (QED) is 0.892. The van der Waals surface area contributed by atoms with Gasteiger partial charge in [-0.25, -0.2) is 4.39 Å². The lowest BCUT2D eigenvalue weighted by Crippen LogP contribution is -2.45. The monoisotopic (exact) mass is 330 g/mol. The van der Waals surface area contributed by atoms with E-state index in [4.69, 9.17) is 0 Å². The Kier molecular flexibility index (Phi) is 5.05. The van der Waals surface area contributed by atoms with Crippen LogP contribution in [0.4, 0.5) is 4.39 Å². The third-order valence-corrected chi connectivity index (χ3v) is 2.77. The summed E-state index contributed by atoms with van der Waals surface area (Å²) in [4.78, 5) is 23.3. The number of benzene rings is 1. The van der Waals surface area contributed by atoms with E-state index in [9.17, 15) is 14.0 Å². The van der Waals surface area contributed by atoms with Crippen LogP contribution in [0.25, 0.3) is 0 Å². The molecule has 2 amide bonds. The standard InChI is InChI=1S/C13H16BrFN2O2/c1-13(2,3)17-10(18)7-16-12(19)11-8(14)5-4-6-9(11)15/h4-6H,7H2,1-3H3,(H,16,19)(H,17,18). The second-order valence-corrected chi connectivity index (χ2v) is 5.93. The zero-order valence-corrected chi connectivity index (χ0v) is 12.6. The molecule has 0 bridgehead atoms. The average Bonchev–Trinajstić information content (AvgIpc) is 2.23. The first-order valence-corrected chi connectivity index (χ1v) is 6.53. The lowest BCUT2D eigenvalue weighted by molar-refractivity contribution is -0.121. The molecule has 0 atom stereocenters. The smallest absolute Gasteiger partial charge is 0.255 e. The van der Waals surface area contributed by atoms with Crippen molar-refractivity contribution < 1.29 is 14.0 Å². The SMILES string of the molecule is CC(C)(C)NC(=O)CNC(=O)c1c(F)cccc1Br. The number of amides is 2. The minimum Gasteiger partial charge on any atom is -0.350 e. The summed E-state index contributed by atoms with van der Waals surface area (Å²) < 4.78 is 13.9. The summed E-state index contributed by atoms with van der Waals surface area (Å²) in [6, 6.07) is 4.24. The highest BCUT2D eigenvalue weighted by atomic mass is 79.9. The van der Waals surface area contributed by atoms with Crippen LogP contribution in [0, 0.1) is 5.82 Å². The summed E-state index contributed by atoms with van der Waals surface area (Å²) >= 11 is 3.10. The molecule has 0 heterocycles. The first kappa shape index (κ1) is 15.6. The molecule has 0 radical (unpaired) electrons. The van der Waals surface area contributed by atoms with Crippen LogP contribution in [0.3, 0.4) is 0 Å². The van der Waals surface area contributed by atoms with Crippen LogP contribution in [0.5, 0.6) is 0 Å². The molecule has 0 saturated carbocycles. The van der Waals surface area contributed by atoms with Crippen molar-refractivity contribution >= 4 is 27.7 Å². The zero-order valence-electron chi connectivity index (χ0n) is 11.0. The van der Waals surface area contributed by atoms with Gasteiger partial charge in [-0.2, -0.15) is 0 Å². The molecule has 1 aromatic rings. The van der Waals surface area contributed by atoms with Gasteiger partial charge in [0.25, 0.3) is 5.91 Å². The topological polar surface area (TPSA) is 58.2 Å². The van der Waals surface area contributed by atoms with Gasteiger partial charge in [0.15, 0.2) is 0 Å². The minimum atomic E-state index is -0.636. The van der Waals surface area contributed by atoms with Crippen LogP contribution in [0.1, 0.15) is 31.1 Å². The van der Waals surface area contributed by atoms with E-state index in [1.165, 1.54) is 12.1 Å². The number of rotatable bonds is 3. The van der Waals surface area contributed by atoms with E-state index in [0.717, 1.165) is 0 Å². The van der Waals surface area contributed by atoms with Gasteiger partial charge >= 0.3 is 0 Å². The first-order chi connectivity index (χ1) is 8.70. The number of carbonyl (C=O) groups is 2. The number of hydrogen-bond donors (Lipinski definition) is 2. The van der Waals surface area contributed by atoms with E-state index < -0.39 is 11.7 Å². The van der Waals surface area contributed by atoms with Crippen LogP contribution in [-0.2, 0) is 4.79 Å². The Morgan fingerprint density at radius 3 is 2.47 bits per heavy atom. The van der Waals surface area contributed by atoms with Crippen molar-refractivity contribution in [2.75, 3.05) is 6.54 Å². The van der Waals surface area contributed by atoms with E-state index in [1.807, 2.05) is 20.8 Å². The Bertz CT molecular complexity index is 478. The highest BCUT2D eigenvalue weighted by Gasteiger charge is 2.18. The number of nitrogens with one attached hydrogen (secondary N) is 2. The molecule has 1 aromatic carbocycles. The molecule has 0 unspecified atom stereocenters. The lowest BCUT2D eigenvalue weighted by atomic mass is 10.1. The Morgan fingerprint density at radius 2 is 1.95 bits per heavy atom. The van der Waals surface area contributed by atoms with Crippen molar-refractivity contribution in [1.82, 2.24) is 10.6 Å². The summed E-state index contributed by atoms with van der Waals surface area (Å²) in [6.45, 7) is 5.30. The van der Waals surface area contributed by atoms with Crippen molar-refractivity contribution in [1.29, 1.82) is 0 Å². The minimum absolute atomic E-state index is 0.106. The molecule has 0 aliphatic rings. The fraction of sp³-hybridized carbons (Fsp3) is 0.385. The van der Waals surface area contributed by atoms with E-state index in [1.54, 1.807) is 6.07 Å². The maximum Gasteiger partial charge on any atom is 0.255 e. The fourth-order valence-corrected chi connectivity index (χ4v) is 1.95. The second kappa shape index (κ2) is 6.14. The Balaban J connectivity index is 2.64. The van der Waals surface area contributed by atoms with Gasteiger partial charge in [-0.15, -0.1) is 0 Å². The molecule has 6 heteroatoms. The molecule has 0 saturated heterocycles. The van der Waals surface area contributed by atoms with E-state index in [0.29, 0.717) is 4.47 Å². The largest absolute Gasteiger partial charge is 0.350 e. The highest BCUT2D eigenvalue weighted by molar-refractivity contribution is 9.10. The molecule has 2 N–H and O–H groups in total. The molecular formula is C13H16BrFN2O2. The van der Waals surface area contributed by atoms with Crippen molar-refractivity contribution in [3.8, 4) is 0 Å². The number of hydrogen-bond acceptors (Lipinski definition) is 2. The van der Waals surface area contributed by atoms with Gasteiger partial charge in [-0.05, 0) is 48.8 Å². The summed E-state index contributed by atoms with van der Waals surface area (Å²) in [5.74, 6) is -1.59. The van der Waals surface area contributed by atoms with Crippen LogP contribution < -0.4 is 10.6 Å². The van der Waals surface area contributed by atoms with Gasteiger partial charge < -0.3 is 10.6 Å². The van der Waals surface area contributed by atoms with Crippen LogP contribution in [-0.4, -0.2) is 23.9 Å². The summed E-state index contributed by atoms with van der Waals surface area (Å²) in [6.07, 6.45) is 0. The van der Waals surface area contributed by atoms with Crippen LogP contribution >= 0.6 is 15.9 Å². The average molecular weight is 331 g/mol. The van der Waals surface area contributed by atoms with Crippen molar-refractivity contribution in [3.63, 3.8) is 0 Å². The molecule has 19 heavy (non-hydrogen) atoms. The molecule has 0 aliphatic carbocycles. The Hall–Kier alpha value is -1.43. The maximum atomic E-state index is 13.5. The van der Waals surface area contributed by atoms with Gasteiger partial charge in [-0.1, -0.05) is 6.07 Å². The fourth-order valence-electron chi connectivity index (χ4n) is 1.43. The van der Waals surface area contributed by atoms with Gasteiger partial charge in [0.1, 0.15) is 5.82 Å². The van der Waals surface area contributed by atoms with Crippen LogP contribution in [0.15, 0.2) is 22.7 Å². The van der Waals surface area contributed by atoms with E-state index in [-0.39, 0.29) is 23.6 Å². The normalized spacial score (nSPS) is 11.0. The lowest BCUT2D eigenvalue weighted by Gasteiger charge is -2.20. The Labute approximate surface area is 119 Å². The molecule has 1 rings (SSSR count). The van der Waals surface area contributed by atoms with Crippen molar-refractivity contribution in [2.24, 2.45) is 0 Å². The van der Waals surface area contributed by atoms with Crippen LogP contribution in [0.2, 0.25) is 0 Å². The Morgan fingerprint density at radius 1 is 1.32 bits per heavy atom. The molecule has 0 fully saturated rings. The van der Waals surface area contributed by atoms with E-state index >= 15 is 0 Å². The van der Waals surface area contributed by atoms with Crippen molar-refractivity contribution in [2.45, 2.75) is 26.3 Å². The predicted molar refractivity (Wildman–Crippen MR) is 74.3 cm³/mol. The van der Waals surface area contributed by atoms with E-state index in [2.05, 4.69) is 26.6 Å². The molecule has 4 nitrogen and oxygen atoms in total. The summed E-state index contributed by atoms with van der Waals surface area (Å²) in [7, 11) is 0. The van der Waals surface area contributed by atoms with Gasteiger partial charge in [0, 0.05) is 10.0 Å². The highest BCUT2D eigenvalue weighted by Crippen LogP contribution is 2.19. The molecule has 0 spiro atoms. The zero-order chi connectivity index (χ0) is 14.6. The van der Waals surface area contributed by atoms with Gasteiger partial charge in [0.2, 0.25) is 5.91 Å². The number of carbonyl (C=O) groups excluding carboxylic acids is 2. The first-order valence-electron chi connectivity index (χ1n) is 5.74. The molecular weight excluding hydrogens is 315 g/mol. The second-order valence-electron chi connectivity index (χ2n) is 5.08. The molecule has 0 aromatic heterocycles. The van der Waals surface area contributed by atoms with Gasteiger partial charge in [-0.3, -0.25) is 9.59 Å². The third-order valence-electron chi connectivity index (χ3n) is 2.11. The maximum absolute atomic E-state index is 13.5. The molecule has 104 valence electrons. The summed E-state index contributed by atoms with van der Waals surface area (Å²) in [5.41, 5.74) is -0.480. The molecule has 0 aliphatic heterocycles. The van der Waals surface area contributed by atoms with Gasteiger partial charge in [0.05, 0.1) is 12.1 Å². The number of halogens is 2.